The van der Waals surface area contributed by atoms with E-state index in [1.54, 1.807) is 34.6 Å². The highest BCUT2D eigenvalue weighted by molar-refractivity contribution is 5.85. The lowest BCUT2D eigenvalue weighted by molar-refractivity contribution is 0.298. The van der Waals surface area contributed by atoms with Gasteiger partial charge in [-0.15, -0.1) is 0 Å². The van der Waals surface area contributed by atoms with E-state index in [2.05, 4.69) is 0 Å². The van der Waals surface area contributed by atoms with E-state index in [9.17, 15) is 15.1 Å². The average molecular weight is 594 g/mol. The molecule has 0 amide bonds. The number of nitrogens with zero attached hydrogens (tertiary/aromatic N) is 1. The fourth-order valence-corrected chi connectivity index (χ4v) is 5.43. The summed E-state index contributed by atoms with van der Waals surface area (Å²) in [5, 5.41) is 0. The molecule has 0 aromatic heterocycles. The van der Waals surface area contributed by atoms with Crippen LogP contribution in [-0.4, -0.2) is 0 Å². The van der Waals surface area contributed by atoms with Gasteiger partial charge in [0.15, 0.2) is 0 Å². The van der Waals surface area contributed by atoms with E-state index < -0.39 is 189 Å². The van der Waals surface area contributed by atoms with Crippen molar-refractivity contribution in [3.05, 3.63) is 162 Å². The largest absolute Gasteiger partial charge is 0.310 e. The van der Waals surface area contributed by atoms with Gasteiger partial charge in [-0.05, 0) is 104 Å². The average Bonchev–Trinajstić information content (AvgIpc) is 3.28. The highest BCUT2D eigenvalue weighted by Crippen LogP contribution is 2.55. The van der Waals surface area contributed by atoms with Crippen molar-refractivity contribution in [2.24, 2.45) is 0 Å². The Morgan fingerprint density at radius 1 is 0.455 bits per heavy atom. The number of hydrogen-bond acceptors (Lipinski definition) is 1. The van der Waals surface area contributed by atoms with Crippen LogP contribution in [0.2, 0.25) is 0 Å². The first-order chi connectivity index (χ1) is 31.3. The quantitative estimate of drug-likeness (QED) is 0.192. The third-order valence-corrected chi connectivity index (χ3v) is 8.32. The van der Waals surface area contributed by atoms with Gasteiger partial charge in [0, 0.05) is 17.1 Å². The zero-order valence-corrected chi connectivity index (χ0v) is 24.4. The second-order valence-electron chi connectivity index (χ2n) is 11.3. The molecule has 0 radical (unpaired) electrons. The van der Waals surface area contributed by atoms with Crippen molar-refractivity contribution >= 4 is 17.1 Å². The number of benzene rings is 6. The van der Waals surface area contributed by atoms with Crippen LogP contribution in [0.15, 0.2) is 145 Å². The molecule has 0 bridgehead atoms. The third kappa shape index (κ3) is 4.55. The van der Waals surface area contributed by atoms with Crippen molar-refractivity contribution in [1.29, 1.82) is 0 Å². The Morgan fingerprint density at radius 2 is 0.932 bits per heavy atom. The van der Waals surface area contributed by atoms with Crippen LogP contribution in [0.5, 0.6) is 0 Å². The molecular formula is C43H39N. The molecule has 0 spiro atoms. The van der Waals surface area contributed by atoms with E-state index >= 15 is 0 Å². The summed E-state index contributed by atoms with van der Waals surface area (Å²) in [6.07, 6.45) is 0. The number of anilines is 3. The Balaban J connectivity index is 1.73. The van der Waals surface area contributed by atoms with Crippen molar-refractivity contribution in [3.63, 3.8) is 0 Å². The summed E-state index contributed by atoms with van der Waals surface area (Å²) in [4.78, 5) is 0.566. The van der Waals surface area contributed by atoms with Gasteiger partial charge in [-0.3, -0.25) is 0 Å². The summed E-state index contributed by atoms with van der Waals surface area (Å²) >= 11 is 0. The van der Waals surface area contributed by atoms with Gasteiger partial charge in [0.2, 0.25) is 0 Å². The van der Waals surface area contributed by atoms with Gasteiger partial charge < -0.3 is 4.90 Å². The molecule has 216 valence electrons. The van der Waals surface area contributed by atoms with Crippen LogP contribution in [0.4, 0.5) is 17.1 Å². The van der Waals surface area contributed by atoms with E-state index in [0.717, 1.165) is 0 Å². The van der Waals surface area contributed by atoms with Crippen LogP contribution in [-0.2, 0) is 10.8 Å². The molecule has 0 N–H and O–H groups in total. The van der Waals surface area contributed by atoms with E-state index in [1.807, 2.05) is 0 Å². The molecule has 1 heteroatoms. The summed E-state index contributed by atoms with van der Waals surface area (Å²) in [6.45, 7) is 8.44. The lowest BCUT2D eigenvalue weighted by Gasteiger charge is -2.49. The van der Waals surface area contributed by atoms with Crippen LogP contribution in [0.25, 0.3) is 33.4 Å². The molecule has 0 heterocycles. The molecule has 44 heavy (non-hydrogen) atoms. The summed E-state index contributed by atoms with van der Waals surface area (Å²) in [6, 6.07) is -20.8. The SMILES string of the molecule is [2H]c1c([2H])c([2H])c(-c2c([2H])c([2H])c(N(c3c([2H])c([2H])c(-c4c([2H])c([2H])c([2H])c([2H])c4[2H])c([2H])c3[2H])c3c([2H])c([2H])c4c(c3[2H])C(C)(C)C(C)(C)c3c(C)c([2H])c([2H])c([2H])c3-4)c([2H])c2[2H])c([2H])c1[2H]. The Labute approximate surface area is 296 Å². The number of rotatable bonds is 5. The molecule has 1 nitrogen and oxygen atoms in total. The van der Waals surface area contributed by atoms with Gasteiger partial charge in [-0.1, -0.05) is 136 Å². The van der Waals surface area contributed by atoms with E-state index in [1.165, 1.54) is 0 Å². The molecule has 0 fully saturated rings. The lowest BCUT2D eigenvalue weighted by Crippen LogP contribution is -2.44. The third-order valence-electron chi connectivity index (χ3n) is 8.32. The van der Waals surface area contributed by atoms with Crippen molar-refractivity contribution in [3.8, 4) is 33.4 Å². The molecule has 7 rings (SSSR count). The molecule has 1 aliphatic rings. The summed E-state index contributed by atoms with van der Waals surface area (Å²) < 4.78 is 214. The first-order valence-corrected chi connectivity index (χ1v) is 13.7. The van der Waals surface area contributed by atoms with Gasteiger partial charge >= 0.3 is 0 Å². The number of fused-ring (bicyclic) bond motifs is 3. The fourth-order valence-electron chi connectivity index (χ4n) is 5.43. The fraction of sp³-hybridized carbons (Fsp3) is 0.163. The first-order valence-electron chi connectivity index (χ1n) is 25.7. The molecular weight excluding hydrogens is 530 g/mol. The standard InChI is InChI=1S/C43H39N/c1-30-13-12-18-39-38-28-27-37(29-40(38)42(2,3)43(4,5)41(30)39)44(35-23-19-33(20-24-35)31-14-8-6-9-15-31)36-25-21-34(22-26-36)32-16-10-7-11-17-32/h6-29H,1-5H3/i6D,7D,8D,9D,10D,11D,12D,13D,14D,15D,16D,17D,18D,19D,20D,21D,22D,23D,24D,25D,26D,27D,28D,29D. The van der Waals surface area contributed by atoms with Crippen LogP contribution in [0, 0.1) is 6.92 Å². The minimum Gasteiger partial charge on any atom is -0.310 e. The molecule has 0 saturated heterocycles. The van der Waals surface area contributed by atoms with Gasteiger partial charge in [-0.25, -0.2) is 0 Å². The maximum atomic E-state index is 10.0. The van der Waals surface area contributed by atoms with Crippen LogP contribution in [0.3, 0.4) is 0 Å². The van der Waals surface area contributed by atoms with Crippen LogP contribution in [0.1, 0.15) is 77.3 Å². The minimum atomic E-state index is -1.32. The predicted molar refractivity (Wildman–Crippen MR) is 188 cm³/mol. The first kappa shape index (κ1) is 11.9. The van der Waals surface area contributed by atoms with Gasteiger partial charge in [0.05, 0.1) is 32.9 Å². The molecule has 0 atom stereocenters. The zero-order valence-electron chi connectivity index (χ0n) is 48.4. The van der Waals surface area contributed by atoms with Crippen molar-refractivity contribution in [2.75, 3.05) is 4.90 Å². The zero-order chi connectivity index (χ0) is 51.4. The molecule has 6 aromatic rings. The summed E-state index contributed by atoms with van der Waals surface area (Å²) in [5.74, 6) is 0. The smallest absolute Gasteiger partial charge is 0.0648 e. The monoisotopic (exact) mass is 593 g/mol. The second kappa shape index (κ2) is 10.7. The number of hydrogen-bond donors (Lipinski definition) is 0. The highest BCUT2D eigenvalue weighted by atomic mass is 15.1. The Kier molecular flexibility index (Phi) is 2.89. The maximum absolute atomic E-state index is 10.0. The van der Waals surface area contributed by atoms with Crippen LogP contribution < -0.4 is 4.90 Å². The van der Waals surface area contributed by atoms with Crippen LogP contribution >= 0.6 is 0 Å². The van der Waals surface area contributed by atoms with Crippen molar-refractivity contribution in [2.45, 2.75) is 45.4 Å². The Hall–Kier alpha value is -4.88. The Bertz CT molecular complexity index is 3050. The second-order valence-corrected chi connectivity index (χ2v) is 11.3. The van der Waals surface area contributed by atoms with E-state index in [4.69, 9.17) is 17.8 Å². The lowest BCUT2D eigenvalue weighted by atomic mass is 9.54. The normalized spacial score (nSPS) is 22.0. The van der Waals surface area contributed by atoms with Gasteiger partial charge in [0.25, 0.3) is 0 Å². The summed E-state index contributed by atoms with van der Waals surface area (Å²) in [5.41, 5.74) is -7.70. The summed E-state index contributed by atoms with van der Waals surface area (Å²) in [7, 11) is 0. The predicted octanol–water partition coefficient (Wildman–Crippen LogP) is 12.0. The molecule has 0 saturated carbocycles. The maximum Gasteiger partial charge on any atom is 0.0648 e. The van der Waals surface area contributed by atoms with Gasteiger partial charge in [0.1, 0.15) is 0 Å². The van der Waals surface area contributed by atoms with E-state index in [-0.39, 0.29) is 22.7 Å². The topological polar surface area (TPSA) is 3.24 Å². The Morgan fingerprint density at radius 3 is 1.45 bits per heavy atom. The molecule has 0 aliphatic heterocycles. The minimum absolute atomic E-state index is 0.0210. The van der Waals surface area contributed by atoms with E-state index in [0.29, 0.717) is 16.0 Å². The molecule has 1 aliphatic carbocycles. The molecule has 0 unspecified atom stereocenters. The van der Waals surface area contributed by atoms with Gasteiger partial charge in [-0.2, -0.15) is 0 Å². The van der Waals surface area contributed by atoms with Crippen molar-refractivity contribution in [1.82, 2.24) is 0 Å². The molecule has 6 aromatic carbocycles. The highest BCUT2D eigenvalue weighted by Gasteiger charge is 2.46. The van der Waals surface area contributed by atoms with Crippen molar-refractivity contribution < 1.29 is 32.9 Å².